The van der Waals surface area contributed by atoms with Crippen molar-refractivity contribution >= 4 is 39.1 Å². The molecule has 0 radical (unpaired) electrons. The fraction of sp³-hybridized carbons (Fsp3) is 0.167. The molecule has 0 aliphatic carbocycles. The van der Waals surface area contributed by atoms with Gasteiger partial charge >= 0.3 is 0 Å². The predicted molar refractivity (Wildman–Crippen MR) is 129 cm³/mol. The molecular formula is C24H24ClN3O4S. The van der Waals surface area contributed by atoms with Gasteiger partial charge in [0, 0.05) is 19.8 Å². The van der Waals surface area contributed by atoms with E-state index in [1.54, 1.807) is 36.4 Å². The first-order valence-electron chi connectivity index (χ1n) is 10.1. The van der Waals surface area contributed by atoms with Crippen LogP contribution in [-0.4, -0.2) is 38.6 Å². The fourth-order valence-electron chi connectivity index (χ4n) is 3.16. The van der Waals surface area contributed by atoms with E-state index in [1.807, 2.05) is 30.3 Å². The van der Waals surface area contributed by atoms with E-state index in [0.29, 0.717) is 16.3 Å². The first kappa shape index (κ1) is 24.4. The van der Waals surface area contributed by atoms with Gasteiger partial charge in [0.1, 0.15) is 0 Å². The number of carbonyl (C=O) groups is 2. The molecule has 0 heterocycles. The van der Waals surface area contributed by atoms with E-state index < -0.39 is 22.0 Å². The molecule has 172 valence electrons. The van der Waals surface area contributed by atoms with Crippen LogP contribution >= 0.6 is 11.6 Å². The smallest absolute Gasteiger partial charge is 0.253 e. The highest BCUT2D eigenvalue weighted by molar-refractivity contribution is 7.89. The standard InChI is InChI=1S/C24H24ClN3O4S/c1-28(2)33(31,32)19-12-8-11-18(15-19)26-23(29)16-22(17-9-4-3-5-10-17)27-24(30)20-13-6-7-14-21(20)25/h3-15,22H,16H2,1-2H3,(H,26,29)(H,27,30). The van der Waals surface area contributed by atoms with Crippen LogP contribution in [0.1, 0.15) is 28.4 Å². The number of benzene rings is 3. The SMILES string of the molecule is CN(C)S(=O)(=O)c1cccc(NC(=O)CC(NC(=O)c2ccccc2Cl)c2ccccc2)c1. The molecule has 7 nitrogen and oxygen atoms in total. The van der Waals surface area contributed by atoms with Crippen molar-refractivity contribution in [1.82, 2.24) is 9.62 Å². The van der Waals surface area contributed by atoms with Crippen LogP contribution in [0.5, 0.6) is 0 Å². The lowest BCUT2D eigenvalue weighted by molar-refractivity contribution is -0.116. The summed E-state index contributed by atoms with van der Waals surface area (Å²) in [7, 11) is -0.765. The number of nitrogens with one attached hydrogen (secondary N) is 2. The number of rotatable bonds is 8. The van der Waals surface area contributed by atoms with E-state index in [-0.39, 0.29) is 17.2 Å². The number of halogens is 1. The first-order valence-corrected chi connectivity index (χ1v) is 11.9. The quantitative estimate of drug-likeness (QED) is 0.502. The molecule has 1 atom stereocenters. The van der Waals surface area contributed by atoms with Crippen molar-refractivity contribution in [2.45, 2.75) is 17.4 Å². The van der Waals surface area contributed by atoms with Gasteiger partial charge in [-0.15, -0.1) is 0 Å². The maximum atomic E-state index is 12.8. The summed E-state index contributed by atoms with van der Waals surface area (Å²) in [5.74, 6) is -0.788. The Bertz CT molecular complexity index is 1250. The van der Waals surface area contributed by atoms with Crippen LogP contribution in [0, 0.1) is 0 Å². The van der Waals surface area contributed by atoms with Gasteiger partial charge in [-0.3, -0.25) is 9.59 Å². The second-order valence-electron chi connectivity index (χ2n) is 7.48. The number of carbonyl (C=O) groups excluding carboxylic acids is 2. The molecule has 0 aliphatic rings. The van der Waals surface area contributed by atoms with E-state index in [0.717, 1.165) is 9.87 Å². The van der Waals surface area contributed by atoms with Crippen molar-refractivity contribution in [3.05, 3.63) is 95.0 Å². The van der Waals surface area contributed by atoms with E-state index >= 15 is 0 Å². The van der Waals surface area contributed by atoms with Crippen LogP contribution in [0.3, 0.4) is 0 Å². The summed E-state index contributed by atoms with van der Waals surface area (Å²) >= 11 is 6.14. The van der Waals surface area contributed by atoms with Crippen molar-refractivity contribution in [3.8, 4) is 0 Å². The average Bonchev–Trinajstić information content (AvgIpc) is 2.79. The monoisotopic (exact) mass is 485 g/mol. The zero-order chi connectivity index (χ0) is 24.0. The summed E-state index contributed by atoms with van der Waals surface area (Å²) in [6.45, 7) is 0. The molecule has 0 spiro atoms. The molecule has 3 rings (SSSR count). The Kier molecular flexibility index (Phi) is 7.86. The number of amides is 2. The van der Waals surface area contributed by atoms with Gasteiger partial charge in [-0.1, -0.05) is 60.1 Å². The van der Waals surface area contributed by atoms with E-state index in [4.69, 9.17) is 11.6 Å². The molecule has 0 fully saturated rings. The molecule has 3 aromatic rings. The Morgan fingerprint density at radius 3 is 2.27 bits per heavy atom. The fourth-order valence-corrected chi connectivity index (χ4v) is 4.33. The van der Waals surface area contributed by atoms with E-state index in [1.165, 1.54) is 26.2 Å². The highest BCUT2D eigenvalue weighted by Crippen LogP contribution is 2.22. The molecule has 0 aliphatic heterocycles. The lowest BCUT2D eigenvalue weighted by atomic mass is 10.0. The van der Waals surface area contributed by atoms with Crippen molar-refractivity contribution in [3.63, 3.8) is 0 Å². The molecule has 0 saturated carbocycles. The zero-order valence-corrected chi connectivity index (χ0v) is 19.7. The highest BCUT2D eigenvalue weighted by Gasteiger charge is 2.21. The Labute approximate surface area is 198 Å². The van der Waals surface area contributed by atoms with Gasteiger partial charge < -0.3 is 10.6 Å². The Morgan fingerprint density at radius 1 is 0.939 bits per heavy atom. The number of hydrogen-bond acceptors (Lipinski definition) is 4. The number of hydrogen-bond donors (Lipinski definition) is 2. The van der Waals surface area contributed by atoms with Crippen molar-refractivity contribution in [2.75, 3.05) is 19.4 Å². The van der Waals surface area contributed by atoms with Gasteiger partial charge in [-0.2, -0.15) is 0 Å². The molecule has 2 amide bonds. The van der Waals surface area contributed by atoms with Gasteiger partial charge in [-0.05, 0) is 35.9 Å². The third-order valence-electron chi connectivity index (χ3n) is 4.91. The summed E-state index contributed by atoms with van der Waals surface area (Å²) in [5.41, 5.74) is 1.39. The summed E-state index contributed by atoms with van der Waals surface area (Å²) in [6, 6.07) is 21.2. The summed E-state index contributed by atoms with van der Waals surface area (Å²) in [4.78, 5) is 25.7. The van der Waals surface area contributed by atoms with Crippen LogP contribution < -0.4 is 10.6 Å². The van der Waals surface area contributed by atoms with E-state index in [2.05, 4.69) is 10.6 Å². The molecule has 3 aromatic carbocycles. The minimum atomic E-state index is -3.64. The molecule has 0 saturated heterocycles. The van der Waals surface area contributed by atoms with Gasteiger partial charge in [0.25, 0.3) is 5.91 Å². The van der Waals surface area contributed by atoms with Crippen molar-refractivity contribution < 1.29 is 18.0 Å². The molecule has 0 bridgehead atoms. The Balaban J connectivity index is 1.79. The lowest BCUT2D eigenvalue weighted by Gasteiger charge is -2.20. The minimum absolute atomic E-state index is 0.0646. The summed E-state index contributed by atoms with van der Waals surface area (Å²) in [6.07, 6.45) is -0.0646. The third-order valence-corrected chi connectivity index (χ3v) is 7.05. The molecular weight excluding hydrogens is 462 g/mol. The van der Waals surface area contributed by atoms with Crippen molar-refractivity contribution in [1.29, 1.82) is 0 Å². The topological polar surface area (TPSA) is 95.6 Å². The summed E-state index contributed by atoms with van der Waals surface area (Å²) < 4.78 is 25.8. The van der Waals surface area contributed by atoms with E-state index in [9.17, 15) is 18.0 Å². The molecule has 9 heteroatoms. The second-order valence-corrected chi connectivity index (χ2v) is 10.0. The average molecular weight is 486 g/mol. The molecule has 2 N–H and O–H groups in total. The lowest BCUT2D eigenvalue weighted by Crippen LogP contribution is -2.31. The van der Waals surface area contributed by atoms with Gasteiger partial charge in [0.05, 0.1) is 27.9 Å². The number of nitrogens with zero attached hydrogens (tertiary/aromatic N) is 1. The van der Waals surface area contributed by atoms with Gasteiger partial charge in [-0.25, -0.2) is 12.7 Å². The minimum Gasteiger partial charge on any atom is -0.345 e. The maximum absolute atomic E-state index is 12.8. The maximum Gasteiger partial charge on any atom is 0.253 e. The van der Waals surface area contributed by atoms with Crippen LogP contribution in [0.4, 0.5) is 5.69 Å². The molecule has 33 heavy (non-hydrogen) atoms. The number of sulfonamides is 1. The highest BCUT2D eigenvalue weighted by atomic mass is 35.5. The normalized spacial score (nSPS) is 12.2. The predicted octanol–water partition coefficient (Wildman–Crippen LogP) is 4.09. The van der Waals surface area contributed by atoms with Gasteiger partial charge in [0.2, 0.25) is 15.9 Å². The molecule has 0 aromatic heterocycles. The van der Waals surface area contributed by atoms with Crippen LogP contribution in [0.15, 0.2) is 83.8 Å². The third kappa shape index (κ3) is 6.19. The largest absolute Gasteiger partial charge is 0.345 e. The van der Waals surface area contributed by atoms with Crippen LogP contribution in [-0.2, 0) is 14.8 Å². The van der Waals surface area contributed by atoms with Crippen LogP contribution in [0.2, 0.25) is 5.02 Å². The Hall–Kier alpha value is -3.20. The molecule has 1 unspecified atom stereocenters. The Morgan fingerprint density at radius 2 is 1.61 bits per heavy atom. The van der Waals surface area contributed by atoms with Crippen molar-refractivity contribution in [2.24, 2.45) is 0 Å². The summed E-state index contributed by atoms with van der Waals surface area (Å²) in [5, 5.41) is 5.90. The number of anilines is 1. The van der Waals surface area contributed by atoms with Gasteiger partial charge in [0.15, 0.2) is 0 Å². The zero-order valence-electron chi connectivity index (χ0n) is 18.2. The first-order chi connectivity index (χ1) is 15.7. The van der Waals surface area contributed by atoms with Crippen LogP contribution in [0.25, 0.3) is 0 Å². The second kappa shape index (κ2) is 10.6.